The van der Waals surface area contributed by atoms with E-state index in [2.05, 4.69) is 4.98 Å². The maximum Gasteiger partial charge on any atom is 0.258 e. The Balaban J connectivity index is 1.48. The number of aryl methyl sites for hydroxylation is 2. The van der Waals surface area contributed by atoms with Gasteiger partial charge < -0.3 is 14.2 Å². The van der Waals surface area contributed by atoms with Crippen molar-refractivity contribution in [1.29, 1.82) is 0 Å². The molecule has 2 heterocycles. The van der Waals surface area contributed by atoms with Crippen molar-refractivity contribution >= 4 is 23.2 Å². The minimum Gasteiger partial charge on any atom is -0.494 e. The van der Waals surface area contributed by atoms with Crippen LogP contribution in [0.5, 0.6) is 5.75 Å². The van der Waals surface area contributed by atoms with E-state index in [4.69, 9.17) is 16.3 Å². The van der Waals surface area contributed by atoms with Gasteiger partial charge in [0.15, 0.2) is 0 Å². The second kappa shape index (κ2) is 7.84. The van der Waals surface area contributed by atoms with E-state index in [1.807, 2.05) is 79.2 Å². The summed E-state index contributed by atoms with van der Waals surface area (Å²) in [5.41, 5.74) is 7.25. The molecule has 0 N–H and O–H groups in total. The van der Waals surface area contributed by atoms with Gasteiger partial charge in [-0.15, -0.1) is 0 Å². The third-order valence-corrected chi connectivity index (χ3v) is 6.13. The summed E-state index contributed by atoms with van der Waals surface area (Å²) >= 11 is 6.46. The molecule has 5 nitrogen and oxygen atoms in total. The number of hydrogen-bond donors (Lipinski definition) is 0. The molecule has 0 aliphatic carbocycles. The number of benzene rings is 3. The van der Waals surface area contributed by atoms with Crippen LogP contribution in [0.3, 0.4) is 0 Å². The zero-order valence-corrected chi connectivity index (χ0v) is 18.8. The van der Waals surface area contributed by atoms with E-state index in [1.54, 1.807) is 18.3 Å². The number of nitrogens with zero attached hydrogens (tertiary/aromatic N) is 3. The molecule has 0 radical (unpaired) electrons. The first-order chi connectivity index (χ1) is 15.4. The molecule has 4 aromatic rings. The quantitative estimate of drug-likeness (QED) is 0.390. The van der Waals surface area contributed by atoms with Crippen LogP contribution in [-0.2, 0) is 6.54 Å². The summed E-state index contributed by atoms with van der Waals surface area (Å²) in [6, 6.07) is 17.7. The van der Waals surface area contributed by atoms with Gasteiger partial charge in [-0.1, -0.05) is 35.9 Å². The van der Waals surface area contributed by atoms with Crippen LogP contribution >= 0.6 is 11.6 Å². The van der Waals surface area contributed by atoms with Crippen LogP contribution in [0, 0.1) is 13.8 Å². The SMILES string of the molecule is COc1cc(N2Cc3ccc(-c4ccc(C)cc4Cl)cc3C2=O)ccc1-n1cnc(C)c1. The molecular weight excluding hydrogens is 422 g/mol. The van der Waals surface area contributed by atoms with E-state index in [1.165, 1.54) is 0 Å². The number of rotatable bonds is 4. The smallest absolute Gasteiger partial charge is 0.258 e. The highest BCUT2D eigenvalue weighted by atomic mass is 35.5. The average molecular weight is 444 g/mol. The van der Waals surface area contributed by atoms with E-state index >= 15 is 0 Å². The molecule has 1 amide bonds. The number of amides is 1. The standard InChI is InChI=1S/C26H22ClN3O2/c1-16-4-8-21(23(27)10-16)18-5-6-19-14-30(26(31)22(19)11-18)20-7-9-24(25(12-20)32-3)29-13-17(2)28-15-29/h4-13,15H,14H2,1-3H3. The van der Waals surface area contributed by atoms with Gasteiger partial charge in [-0.05, 0) is 54.8 Å². The highest BCUT2D eigenvalue weighted by Crippen LogP contribution is 2.36. The summed E-state index contributed by atoms with van der Waals surface area (Å²) in [6.45, 7) is 4.46. The third kappa shape index (κ3) is 3.45. The van der Waals surface area contributed by atoms with Crippen LogP contribution in [-0.4, -0.2) is 22.6 Å². The number of carbonyl (C=O) groups excluding carboxylic acids is 1. The van der Waals surface area contributed by atoms with Crippen molar-refractivity contribution in [2.75, 3.05) is 12.0 Å². The largest absolute Gasteiger partial charge is 0.494 e. The molecule has 6 heteroatoms. The highest BCUT2D eigenvalue weighted by molar-refractivity contribution is 6.33. The Labute approximate surface area is 191 Å². The number of methoxy groups -OCH3 is 1. The first-order valence-corrected chi connectivity index (χ1v) is 10.7. The van der Waals surface area contributed by atoms with Gasteiger partial charge in [-0.25, -0.2) is 4.98 Å². The van der Waals surface area contributed by atoms with Crippen molar-refractivity contribution in [3.05, 3.63) is 94.5 Å². The molecule has 5 rings (SSSR count). The Morgan fingerprint density at radius 1 is 1.00 bits per heavy atom. The zero-order chi connectivity index (χ0) is 22.4. The second-order valence-corrected chi connectivity index (χ2v) is 8.43. The van der Waals surface area contributed by atoms with Crippen LogP contribution in [0.2, 0.25) is 5.02 Å². The molecule has 1 aliphatic rings. The maximum absolute atomic E-state index is 13.3. The predicted octanol–water partition coefficient (Wildman–Crippen LogP) is 5.98. The monoisotopic (exact) mass is 443 g/mol. The molecule has 0 saturated carbocycles. The van der Waals surface area contributed by atoms with Gasteiger partial charge in [-0.3, -0.25) is 4.79 Å². The van der Waals surface area contributed by atoms with Gasteiger partial charge >= 0.3 is 0 Å². The predicted molar refractivity (Wildman–Crippen MR) is 127 cm³/mol. The van der Waals surface area contributed by atoms with Crippen LogP contribution in [0.1, 0.15) is 27.2 Å². The Bertz CT molecular complexity index is 1360. The Hall–Kier alpha value is -3.57. The zero-order valence-electron chi connectivity index (χ0n) is 18.1. The summed E-state index contributed by atoms with van der Waals surface area (Å²) in [4.78, 5) is 19.4. The Morgan fingerprint density at radius 3 is 2.56 bits per heavy atom. The van der Waals surface area contributed by atoms with Gasteiger partial charge in [0.2, 0.25) is 0 Å². The van der Waals surface area contributed by atoms with Crippen molar-refractivity contribution < 1.29 is 9.53 Å². The lowest BCUT2D eigenvalue weighted by molar-refractivity contribution is 0.0996. The van der Waals surface area contributed by atoms with Crippen LogP contribution < -0.4 is 9.64 Å². The first kappa shape index (κ1) is 20.3. The summed E-state index contributed by atoms with van der Waals surface area (Å²) in [5, 5.41) is 0.683. The molecule has 0 spiro atoms. The minimum absolute atomic E-state index is 0.0293. The number of fused-ring (bicyclic) bond motifs is 1. The van der Waals surface area contributed by atoms with Crippen molar-refractivity contribution in [2.24, 2.45) is 0 Å². The summed E-state index contributed by atoms with van der Waals surface area (Å²) in [7, 11) is 1.63. The number of aromatic nitrogens is 2. The Kier molecular flexibility index (Phi) is 4.98. The molecule has 0 saturated heterocycles. The lowest BCUT2D eigenvalue weighted by Crippen LogP contribution is -2.23. The van der Waals surface area contributed by atoms with Gasteiger partial charge in [0.1, 0.15) is 5.75 Å². The number of halogens is 1. The third-order valence-electron chi connectivity index (χ3n) is 5.81. The first-order valence-electron chi connectivity index (χ1n) is 10.3. The lowest BCUT2D eigenvalue weighted by atomic mass is 9.99. The van der Waals surface area contributed by atoms with Crippen LogP contribution in [0.15, 0.2) is 67.1 Å². The van der Waals surface area contributed by atoms with Crippen LogP contribution in [0.25, 0.3) is 16.8 Å². The summed E-state index contributed by atoms with van der Waals surface area (Å²) in [6.07, 6.45) is 3.69. The lowest BCUT2D eigenvalue weighted by Gasteiger charge is -2.18. The van der Waals surface area contributed by atoms with Gasteiger partial charge in [0.25, 0.3) is 5.91 Å². The average Bonchev–Trinajstić information content (AvgIpc) is 3.36. The molecule has 0 bridgehead atoms. The second-order valence-electron chi connectivity index (χ2n) is 8.02. The number of imidazole rings is 1. The number of anilines is 1. The van der Waals surface area contributed by atoms with Crippen molar-refractivity contribution in [2.45, 2.75) is 20.4 Å². The summed E-state index contributed by atoms with van der Waals surface area (Å²) < 4.78 is 7.53. The van der Waals surface area contributed by atoms with Crippen LogP contribution in [0.4, 0.5) is 5.69 Å². The number of ether oxygens (including phenoxy) is 1. The van der Waals surface area contributed by atoms with E-state index in [0.29, 0.717) is 22.9 Å². The van der Waals surface area contributed by atoms with Crippen molar-refractivity contribution in [3.63, 3.8) is 0 Å². The minimum atomic E-state index is -0.0293. The molecule has 0 fully saturated rings. The molecule has 1 aliphatic heterocycles. The van der Waals surface area contributed by atoms with E-state index in [9.17, 15) is 4.79 Å². The van der Waals surface area contributed by atoms with Gasteiger partial charge in [-0.2, -0.15) is 0 Å². The van der Waals surface area contributed by atoms with Gasteiger partial charge in [0, 0.05) is 34.1 Å². The number of hydrogen-bond acceptors (Lipinski definition) is 3. The van der Waals surface area contributed by atoms with Gasteiger partial charge in [0.05, 0.1) is 31.4 Å². The molecule has 0 atom stereocenters. The summed E-state index contributed by atoms with van der Waals surface area (Å²) in [5.74, 6) is 0.647. The van der Waals surface area contributed by atoms with Crippen molar-refractivity contribution in [3.8, 4) is 22.6 Å². The Morgan fingerprint density at radius 2 is 1.84 bits per heavy atom. The molecule has 0 unspecified atom stereocenters. The fraction of sp³-hybridized carbons (Fsp3) is 0.154. The van der Waals surface area contributed by atoms with E-state index in [0.717, 1.165) is 39.3 Å². The van der Waals surface area contributed by atoms with E-state index in [-0.39, 0.29) is 5.91 Å². The maximum atomic E-state index is 13.3. The normalized spacial score (nSPS) is 12.9. The molecule has 1 aromatic heterocycles. The fourth-order valence-electron chi connectivity index (χ4n) is 4.13. The topological polar surface area (TPSA) is 47.4 Å². The highest BCUT2D eigenvalue weighted by Gasteiger charge is 2.29. The molecule has 3 aromatic carbocycles. The molecule has 32 heavy (non-hydrogen) atoms. The van der Waals surface area contributed by atoms with Crippen molar-refractivity contribution in [1.82, 2.24) is 9.55 Å². The number of carbonyl (C=O) groups is 1. The fourth-order valence-corrected chi connectivity index (χ4v) is 4.48. The molecule has 160 valence electrons. The molecular formula is C26H22ClN3O2. The van der Waals surface area contributed by atoms with E-state index < -0.39 is 0 Å².